The Morgan fingerprint density at radius 2 is 2.05 bits per heavy atom. The van der Waals surface area contributed by atoms with E-state index in [0.717, 1.165) is 11.1 Å². The normalized spacial score (nSPS) is 14.6. The average Bonchev–Trinajstić information content (AvgIpc) is 2.90. The Labute approximate surface area is 128 Å². The summed E-state index contributed by atoms with van der Waals surface area (Å²) in [7, 11) is 1.34. The van der Waals surface area contributed by atoms with E-state index in [4.69, 9.17) is 4.74 Å². The number of pyridine rings is 1. The molecule has 22 heavy (non-hydrogen) atoms. The first kappa shape index (κ1) is 14.3. The van der Waals surface area contributed by atoms with E-state index in [1.807, 2.05) is 36.4 Å². The summed E-state index contributed by atoms with van der Waals surface area (Å²) < 4.78 is 4.89. The van der Waals surface area contributed by atoms with Gasteiger partial charge in [0.2, 0.25) is 0 Å². The van der Waals surface area contributed by atoms with Crippen LogP contribution in [0.25, 0.3) is 0 Å². The Morgan fingerprint density at radius 1 is 1.27 bits per heavy atom. The summed E-state index contributed by atoms with van der Waals surface area (Å²) >= 11 is 0. The van der Waals surface area contributed by atoms with E-state index in [1.54, 1.807) is 12.3 Å². The molecule has 112 valence electrons. The molecule has 0 N–H and O–H groups in total. The van der Waals surface area contributed by atoms with Gasteiger partial charge in [-0.15, -0.1) is 0 Å². The van der Waals surface area contributed by atoms with E-state index in [1.165, 1.54) is 12.0 Å². The highest BCUT2D eigenvalue weighted by Gasteiger charge is 2.37. The summed E-state index contributed by atoms with van der Waals surface area (Å²) in [5, 5.41) is 0. The SMILES string of the molecule is COC(=O)C(Cc1ccccc1)N1Cc2cccnc2C1=O. The number of ether oxygens (including phenoxy) is 1. The van der Waals surface area contributed by atoms with Gasteiger partial charge < -0.3 is 9.64 Å². The Hall–Kier alpha value is -2.69. The first-order chi connectivity index (χ1) is 10.7. The van der Waals surface area contributed by atoms with Gasteiger partial charge in [0.15, 0.2) is 0 Å². The van der Waals surface area contributed by atoms with Crippen molar-refractivity contribution in [3.05, 3.63) is 65.5 Å². The minimum absolute atomic E-state index is 0.220. The lowest BCUT2D eigenvalue weighted by molar-refractivity contribution is -0.146. The molecule has 0 saturated heterocycles. The van der Waals surface area contributed by atoms with Crippen molar-refractivity contribution in [2.45, 2.75) is 19.0 Å². The minimum atomic E-state index is -0.644. The van der Waals surface area contributed by atoms with Crippen LogP contribution < -0.4 is 0 Å². The number of amides is 1. The average molecular weight is 296 g/mol. The van der Waals surface area contributed by atoms with E-state index in [0.29, 0.717) is 18.7 Å². The van der Waals surface area contributed by atoms with E-state index < -0.39 is 12.0 Å². The fraction of sp³-hybridized carbons (Fsp3) is 0.235. The van der Waals surface area contributed by atoms with Gasteiger partial charge in [-0.3, -0.25) is 9.78 Å². The number of fused-ring (bicyclic) bond motifs is 1. The number of methoxy groups -OCH3 is 1. The van der Waals surface area contributed by atoms with E-state index >= 15 is 0 Å². The van der Waals surface area contributed by atoms with Crippen LogP contribution in [0.15, 0.2) is 48.7 Å². The summed E-state index contributed by atoms with van der Waals surface area (Å²) in [6, 6.07) is 12.6. The Kier molecular flexibility index (Phi) is 3.87. The van der Waals surface area contributed by atoms with Crippen LogP contribution in [0.2, 0.25) is 0 Å². The summed E-state index contributed by atoms with van der Waals surface area (Å²) in [6.07, 6.45) is 2.01. The third kappa shape index (κ3) is 2.57. The van der Waals surface area contributed by atoms with Crippen molar-refractivity contribution in [1.82, 2.24) is 9.88 Å². The predicted octanol–water partition coefficient (Wildman–Crippen LogP) is 1.82. The van der Waals surface area contributed by atoms with Crippen molar-refractivity contribution in [2.24, 2.45) is 0 Å². The lowest BCUT2D eigenvalue weighted by atomic mass is 10.0. The number of carbonyl (C=O) groups excluding carboxylic acids is 2. The van der Waals surface area contributed by atoms with Gasteiger partial charge in [0, 0.05) is 24.7 Å². The maximum atomic E-state index is 12.5. The zero-order chi connectivity index (χ0) is 15.5. The summed E-state index contributed by atoms with van der Waals surface area (Å²) in [5.41, 5.74) is 2.24. The number of benzene rings is 1. The molecule has 5 heteroatoms. The first-order valence-electron chi connectivity index (χ1n) is 7.07. The molecule has 1 unspecified atom stereocenters. The van der Waals surface area contributed by atoms with Crippen molar-refractivity contribution >= 4 is 11.9 Å². The number of aromatic nitrogens is 1. The molecule has 1 aliphatic rings. The highest BCUT2D eigenvalue weighted by molar-refractivity contribution is 5.98. The molecule has 0 aliphatic carbocycles. The molecule has 0 radical (unpaired) electrons. The second-order valence-electron chi connectivity index (χ2n) is 5.17. The van der Waals surface area contributed by atoms with Gasteiger partial charge >= 0.3 is 5.97 Å². The zero-order valence-electron chi connectivity index (χ0n) is 12.2. The molecule has 1 aromatic heterocycles. The maximum absolute atomic E-state index is 12.5. The number of esters is 1. The molecule has 3 rings (SSSR count). The van der Waals surface area contributed by atoms with Gasteiger partial charge in [0.05, 0.1) is 7.11 Å². The highest BCUT2D eigenvalue weighted by atomic mass is 16.5. The quantitative estimate of drug-likeness (QED) is 0.808. The molecular weight excluding hydrogens is 280 g/mol. The highest BCUT2D eigenvalue weighted by Crippen LogP contribution is 2.24. The van der Waals surface area contributed by atoms with Crippen LogP contribution in [-0.2, 0) is 22.5 Å². The van der Waals surface area contributed by atoms with E-state index in [-0.39, 0.29) is 5.91 Å². The zero-order valence-corrected chi connectivity index (χ0v) is 12.2. The second-order valence-corrected chi connectivity index (χ2v) is 5.17. The number of rotatable bonds is 4. The van der Waals surface area contributed by atoms with Gasteiger partial charge in [0.25, 0.3) is 5.91 Å². The summed E-state index contributed by atoms with van der Waals surface area (Å²) in [6.45, 7) is 0.384. The smallest absolute Gasteiger partial charge is 0.328 e. The van der Waals surface area contributed by atoms with Crippen molar-refractivity contribution in [3.8, 4) is 0 Å². The van der Waals surface area contributed by atoms with Crippen molar-refractivity contribution in [1.29, 1.82) is 0 Å². The van der Waals surface area contributed by atoms with E-state index in [9.17, 15) is 9.59 Å². The number of hydrogen-bond donors (Lipinski definition) is 0. The standard InChI is InChI=1S/C17H16N2O3/c1-22-17(21)14(10-12-6-3-2-4-7-12)19-11-13-8-5-9-18-15(13)16(19)20/h2-9,14H,10-11H2,1H3. The van der Waals surface area contributed by atoms with Crippen LogP contribution in [-0.4, -0.2) is 34.9 Å². The second kappa shape index (κ2) is 5.97. The number of nitrogens with zero attached hydrogens (tertiary/aromatic N) is 2. The van der Waals surface area contributed by atoms with Crippen molar-refractivity contribution in [3.63, 3.8) is 0 Å². The maximum Gasteiger partial charge on any atom is 0.328 e. The fourth-order valence-electron chi connectivity index (χ4n) is 2.70. The molecule has 1 aliphatic heterocycles. The summed E-state index contributed by atoms with van der Waals surface area (Å²) in [4.78, 5) is 30.3. The molecule has 0 spiro atoms. The Bertz CT molecular complexity index is 700. The monoisotopic (exact) mass is 296 g/mol. The van der Waals surface area contributed by atoms with Crippen LogP contribution in [0.1, 0.15) is 21.6 Å². The molecule has 1 amide bonds. The van der Waals surface area contributed by atoms with Crippen LogP contribution in [0.3, 0.4) is 0 Å². The third-order valence-electron chi connectivity index (χ3n) is 3.82. The first-order valence-corrected chi connectivity index (χ1v) is 7.07. The predicted molar refractivity (Wildman–Crippen MR) is 80.1 cm³/mol. The molecule has 1 atom stereocenters. The van der Waals surface area contributed by atoms with Crippen LogP contribution >= 0.6 is 0 Å². The molecule has 0 fully saturated rings. The van der Waals surface area contributed by atoms with Gasteiger partial charge in [0.1, 0.15) is 11.7 Å². The van der Waals surface area contributed by atoms with Gasteiger partial charge in [-0.25, -0.2) is 4.79 Å². The molecule has 0 bridgehead atoms. The molecule has 0 saturated carbocycles. The molecule has 2 aromatic rings. The number of carbonyl (C=O) groups is 2. The van der Waals surface area contributed by atoms with Crippen molar-refractivity contribution in [2.75, 3.05) is 7.11 Å². The van der Waals surface area contributed by atoms with Gasteiger partial charge in [-0.05, 0) is 11.6 Å². The lowest BCUT2D eigenvalue weighted by Gasteiger charge is -2.25. The van der Waals surface area contributed by atoms with Crippen LogP contribution in [0.4, 0.5) is 0 Å². The van der Waals surface area contributed by atoms with Gasteiger partial charge in [-0.2, -0.15) is 0 Å². The Balaban J connectivity index is 1.88. The lowest BCUT2D eigenvalue weighted by Crippen LogP contribution is -2.43. The van der Waals surface area contributed by atoms with Crippen molar-refractivity contribution < 1.29 is 14.3 Å². The minimum Gasteiger partial charge on any atom is -0.467 e. The summed E-state index contributed by atoms with van der Waals surface area (Å²) in [5.74, 6) is -0.632. The van der Waals surface area contributed by atoms with Crippen LogP contribution in [0, 0.1) is 0 Å². The third-order valence-corrected chi connectivity index (χ3v) is 3.82. The number of hydrogen-bond acceptors (Lipinski definition) is 4. The molecule has 5 nitrogen and oxygen atoms in total. The largest absolute Gasteiger partial charge is 0.467 e. The topological polar surface area (TPSA) is 59.5 Å². The molecule has 1 aromatic carbocycles. The Morgan fingerprint density at radius 3 is 2.73 bits per heavy atom. The van der Waals surface area contributed by atoms with Gasteiger partial charge in [-0.1, -0.05) is 36.4 Å². The molecular formula is C17H16N2O3. The molecule has 2 heterocycles. The van der Waals surface area contributed by atoms with Crippen LogP contribution in [0.5, 0.6) is 0 Å². The fourth-order valence-corrected chi connectivity index (χ4v) is 2.70. The van der Waals surface area contributed by atoms with E-state index in [2.05, 4.69) is 4.98 Å².